The topological polar surface area (TPSA) is 0 Å². The number of hydrogen-bond acceptors (Lipinski definition) is 0. The van der Waals surface area contributed by atoms with Crippen LogP contribution < -0.4 is 0 Å². The van der Waals surface area contributed by atoms with E-state index >= 15 is 0 Å². The first-order valence-electron chi connectivity index (χ1n) is 10.2. The van der Waals surface area contributed by atoms with Crippen LogP contribution in [0.2, 0.25) is 0 Å². The highest BCUT2D eigenvalue weighted by Gasteiger charge is 2.53. The van der Waals surface area contributed by atoms with Crippen LogP contribution in [0.5, 0.6) is 0 Å². The van der Waals surface area contributed by atoms with Gasteiger partial charge in [-0.15, -0.1) is 0 Å². The predicted octanol–water partition coefficient (Wildman–Crippen LogP) is 7.45. The van der Waals surface area contributed by atoms with Crippen LogP contribution in [-0.2, 0) is 10.8 Å². The molecule has 29 heavy (non-hydrogen) atoms. The Hall–Kier alpha value is -2.64. The second kappa shape index (κ2) is 5.70. The van der Waals surface area contributed by atoms with E-state index in [1.807, 2.05) is 0 Å². The Morgan fingerprint density at radius 2 is 1.00 bits per heavy atom. The summed E-state index contributed by atoms with van der Waals surface area (Å²) < 4.78 is 1.17. The summed E-state index contributed by atoms with van der Waals surface area (Å²) in [6.07, 6.45) is 0. The third-order valence-corrected chi connectivity index (χ3v) is 7.69. The molecule has 0 bridgehead atoms. The highest BCUT2D eigenvalue weighted by Crippen LogP contribution is 2.62. The fraction of sp³-hybridized carbons (Fsp3) is 0.143. The fourth-order valence-electron chi connectivity index (χ4n) is 5.86. The zero-order valence-electron chi connectivity index (χ0n) is 16.5. The molecule has 0 saturated carbocycles. The SMILES string of the molecule is CC1(C)c2ccccc2C2(c3ccccc3-c3c(Br)cccc32)c2ccccc21. The van der Waals surface area contributed by atoms with Crippen LogP contribution in [0, 0.1) is 0 Å². The molecule has 0 amide bonds. The molecule has 0 atom stereocenters. The number of benzene rings is 4. The van der Waals surface area contributed by atoms with Crippen LogP contribution in [0.15, 0.2) is 95.5 Å². The molecule has 1 spiro atoms. The second-order valence-electron chi connectivity index (χ2n) is 8.67. The molecule has 0 aliphatic heterocycles. The minimum Gasteiger partial charge on any atom is -0.0619 e. The summed E-state index contributed by atoms with van der Waals surface area (Å²) in [5.41, 5.74) is 10.8. The first-order chi connectivity index (χ1) is 14.1. The maximum Gasteiger partial charge on any atom is 0.0719 e. The summed E-state index contributed by atoms with van der Waals surface area (Å²) in [4.78, 5) is 0. The van der Waals surface area contributed by atoms with Gasteiger partial charge in [0.05, 0.1) is 5.41 Å². The summed E-state index contributed by atoms with van der Waals surface area (Å²) in [5.74, 6) is 0. The Labute approximate surface area is 180 Å². The van der Waals surface area contributed by atoms with Crippen molar-refractivity contribution in [1.82, 2.24) is 0 Å². The minimum absolute atomic E-state index is 0.0395. The van der Waals surface area contributed by atoms with Crippen molar-refractivity contribution in [1.29, 1.82) is 0 Å². The molecule has 0 radical (unpaired) electrons. The van der Waals surface area contributed by atoms with Crippen molar-refractivity contribution < 1.29 is 0 Å². The normalized spacial score (nSPS) is 16.7. The van der Waals surface area contributed by atoms with E-state index in [0.29, 0.717) is 0 Å². The lowest BCUT2D eigenvalue weighted by molar-refractivity contribution is 0.563. The Kier molecular flexibility index (Phi) is 3.39. The van der Waals surface area contributed by atoms with Gasteiger partial charge in [0.25, 0.3) is 0 Å². The summed E-state index contributed by atoms with van der Waals surface area (Å²) in [5, 5.41) is 0. The fourth-order valence-corrected chi connectivity index (χ4v) is 6.44. The lowest BCUT2D eigenvalue weighted by Crippen LogP contribution is -2.40. The lowest BCUT2D eigenvalue weighted by Gasteiger charge is -2.46. The monoisotopic (exact) mass is 436 g/mol. The summed E-state index contributed by atoms with van der Waals surface area (Å²) in [7, 11) is 0. The van der Waals surface area contributed by atoms with Crippen LogP contribution in [0.25, 0.3) is 11.1 Å². The van der Waals surface area contributed by atoms with E-state index in [-0.39, 0.29) is 10.8 Å². The molecule has 140 valence electrons. The van der Waals surface area contributed by atoms with Crippen LogP contribution in [-0.4, -0.2) is 0 Å². The molecule has 0 fully saturated rings. The molecule has 2 aliphatic rings. The highest BCUT2D eigenvalue weighted by molar-refractivity contribution is 9.10. The molecule has 0 nitrogen and oxygen atoms in total. The van der Waals surface area contributed by atoms with Gasteiger partial charge in [-0.25, -0.2) is 0 Å². The van der Waals surface area contributed by atoms with Crippen molar-refractivity contribution in [3.05, 3.63) is 129 Å². The average Bonchev–Trinajstić information content (AvgIpc) is 3.05. The molecule has 0 N–H and O–H groups in total. The first-order valence-corrected chi connectivity index (χ1v) is 11.0. The minimum atomic E-state index is -0.279. The molecule has 6 rings (SSSR count). The number of fused-ring (bicyclic) bond motifs is 9. The van der Waals surface area contributed by atoms with Gasteiger partial charge >= 0.3 is 0 Å². The molecule has 2 aliphatic carbocycles. The molecular formula is C28H21Br. The van der Waals surface area contributed by atoms with Crippen molar-refractivity contribution in [2.45, 2.75) is 24.7 Å². The Bertz CT molecular complexity index is 1250. The van der Waals surface area contributed by atoms with Crippen LogP contribution >= 0.6 is 15.9 Å². The van der Waals surface area contributed by atoms with Crippen molar-refractivity contribution >= 4 is 15.9 Å². The van der Waals surface area contributed by atoms with E-state index in [4.69, 9.17) is 0 Å². The van der Waals surface area contributed by atoms with Gasteiger partial charge in [-0.1, -0.05) is 115 Å². The van der Waals surface area contributed by atoms with Gasteiger partial charge in [0.2, 0.25) is 0 Å². The van der Waals surface area contributed by atoms with Crippen molar-refractivity contribution in [3.8, 4) is 11.1 Å². The third kappa shape index (κ3) is 1.94. The van der Waals surface area contributed by atoms with Crippen molar-refractivity contribution in [3.63, 3.8) is 0 Å². The van der Waals surface area contributed by atoms with Gasteiger partial charge in [0.1, 0.15) is 0 Å². The largest absolute Gasteiger partial charge is 0.0719 e. The molecule has 1 heteroatoms. The second-order valence-corrected chi connectivity index (χ2v) is 9.53. The molecule has 4 aromatic carbocycles. The van der Waals surface area contributed by atoms with Crippen molar-refractivity contribution in [2.24, 2.45) is 0 Å². The maximum atomic E-state index is 3.87. The van der Waals surface area contributed by atoms with Gasteiger partial charge < -0.3 is 0 Å². The van der Waals surface area contributed by atoms with Crippen molar-refractivity contribution in [2.75, 3.05) is 0 Å². The van der Waals surface area contributed by atoms with E-state index in [2.05, 4.69) is 121 Å². The van der Waals surface area contributed by atoms with Gasteiger partial charge in [0.15, 0.2) is 0 Å². The zero-order valence-corrected chi connectivity index (χ0v) is 18.1. The zero-order chi connectivity index (χ0) is 19.8. The van der Waals surface area contributed by atoms with Gasteiger partial charge in [-0.05, 0) is 45.0 Å². The molecule has 0 unspecified atom stereocenters. The molecule has 0 heterocycles. The maximum absolute atomic E-state index is 3.87. The van der Waals surface area contributed by atoms with Gasteiger partial charge in [0, 0.05) is 15.5 Å². The summed E-state index contributed by atoms with van der Waals surface area (Å²) in [6, 6.07) is 33.7. The van der Waals surface area contributed by atoms with Crippen LogP contribution in [0.1, 0.15) is 47.2 Å². The first kappa shape index (κ1) is 17.2. The van der Waals surface area contributed by atoms with E-state index < -0.39 is 0 Å². The predicted molar refractivity (Wildman–Crippen MR) is 124 cm³/mol. The summed E-state index contributed by atoms with van der Waals surface area (Å²) >= 11 is 3.87. The lowest BCUT2D eigenvalue weighted by atomic mass is 9.55. The Morgan fingerprint density at radius 1 is 0.517 bits per heavy atom. The average molecular weight is 437 g/mol. The Morgan fingerprint density at radius 3 is 1.62 bits per heavy atom. The highest BCUT2D eigenvalue weighted by atomic mass is 79.9. The van der Waals surface area contributed by atoms with E-state index in [0.717, 1.165) is 0 Å². The third-order valence-electron chi connectivity index (χ3n) is 7.03. The molecular weight excluding hydrogens is 416 g/mol. The quantitative estimate of drug-likeness (QED) is 0.236. The van der Waals surface area contributed by atoms with Crippen LogP contribution in [0.3, 0.4) is 0 Å². The standard InChI is InChI=1S/C28H21Br/c1-27(2)20-12-5-7-14-22(20)28(23-15-8-6-13-21(23)27)19-11-4-3-10-18(19)26-24(28)16-9-17-25(26)29/h3-17H,1-2H3. The molecule has 0 saturated heterocycles. The molecule has 0 aromatic heterocycles. The molecule has 4 aromatic rings. The number of halogens is 1. The number of rotatable bonds is 0. The smallest absolute Gasteiger partial charge is 0.0619 e. The number of hydrogen-bond donors (Lipinski definition) is 0. The van der Waals surface area contributed by atoms with E-state index in [9.17, 15) is 0 Å². The summed E-state index contributed by atoms with van der Waals surface area (Å²) in [6.45, 7) is 4.72. The van der Waals surface area contributed by atoms with E-state index in [1.54, 1.807) is 0 Å². The van der Waals surface area contributed by atoms with E-state index in [1.165, 1.54) is 49.0 Å². The van der Waals surface area contributed by atoms with Gasteiger partial charge in [-0.2, -0.15) is 0 Å². The Balaban J connectivity index is 1.90. The van der Waals surface area contributed by atoms with Gasteiger partial charge in [-0.3, -0.25) is 0 Å². The van der Waals surface area contributed by atoms with Crippen LogP contribution in [0.4, 0.5) is 0 Å².